The molecule has 1 aliphatic rings. The number of aromatic nitrogens is 2. The van der Waals surface area contributed by atoms with E-state index < -0.39 is 9.84 Å². The molecule has 3 rings (SSSR count). The number of hydrogen-bond acceptors (Lipinski definition) is 4. The summed E-state index contributed by atoms with van der Waals surface area (Å²) in [6.45, 7) is 0. The average molecular weight is 305 g/mol. The molecular formula is C15H19N3O2S. The molecule has 6 heteroatoms. The maximum absolute atomic E-state index is 11.6. The number of benzene rings is 1. The molecule has 2 N–H and O–H groups in total. The molecule has 1 aromatic carbocycles. The van der Waals surface area contributed by atoms with Gasteiger partial charge in [0.2, 0.25) is 0 Å². The second-order valence-corrected chi connectivity index (χ2v) is 8.14. The largest absolute Gasteiger partial charge is 0.383 e. The van der Waals surface area contributed by atoms with Crippen molar-refractivity contribution in [2.24, 2.45) is 7.05 Å². The van der Waals surface area contributed by atoms with Gasteiger partial charge in [-0.05, 0) is 24.0 Å². The predicted octanol–water partition coefficient (Wildman–Crippen LogP) is 1.75. The zero-order chi connectivity index (χ0) is 15.3. The number of nitrogens with two attached hydrogens (primary N) is 1. The molecule has 0 aliphatic heterocycles. The number of hydrogen-bond donors (Lipinski definition) is 1. The summed E-state index contributed by atoms with van der Waals surface area (Å²) in [5.41, 5.74) is 8.80. The lowest BCUT2D eigenvalue weighted by atomic mass is 9.96. The molecule has 112 valence electrons. The van der Waals surface area contributed by atoms with E-state index in [0.29, 0.717) is 5.82 Å². The van der Waals surface area contributed by atoms with E-state index in [2.05, 4.69) is 5.10 Å². The average Bonchev–Trinajstić information content (AvgIpc) is 3.10. The summed E-state index contributed by atoms with van der Waals surface area (Å²) in [7, 11) is -1.16. The van der Waals surface area contributed by atoms with Gasteiger partial charge in [0.1, 0.15) is 15.7 Å². The molecule has 1 fully saturated rings. The van der Waals surface area contributed by atoms with Gasteiger partial charge >= 0.3 is 0 Å². The lowest BCUT2D eigenvalue weighted by Crippen LogP contribution is -2.19. The van der Waals surface area contributed by atoms with Gasteiger partial charge in [-0.2, -0.15) is 5.10 Å². The van der Waals surface area contributed by atoms with Gasteiger partial charge in [0.25, 0.3) is 0 Å². The Hall–Kier alpha value is -1.82. The lowest BCUT2D eigenvalue weighted by molar-refractivity contribution is 0.592. The van der Waals surface area contributed by atoms with Crippen molar-refractivity contribution in [3.8, 4) is 11.1 Å². The van der Waals surface area contributed by atoms with Crippen molar-refractivity contribution in [3.63, 3.8) is 0 Å². The van der Waals surface area contributed by atoms with Crippen LogP contribution in [0.4, 0.5) is 5.82 Å². The molecule has 0 atom stereocenters. The van der Waals surface area contributed by atoms with Crippen LogP contribution in [0.5, 0.6) is 0 Å². The number of sulfone groups is 1. The van der Waals surface area contributed by atoms with Crippen LogP contribution < -0.4 is 5.73 Å². The third-order valence-electron chi connectivity index (χ3n) is 4.18. The Morgan fingerprint density at radius 1 is 1.29 bits per heavy atom. The van der Waals surface area contributed by atoms with Crippen molar-refractivity contribution >= 4 is 15.7 Å². The fraction of sp³-hybridized carbons (Fsp3) is 0.400. The standard InChI is InChI=1S/C15H19N3O2S/c1-18-14(16)13(9-17-18)11-3-5-12(6-4-11)15(7-8-15)10-21(2,19)20/h3-6,9H,7-8,10,16H2,1-2H3. The molecule has 1 saturated carbocycles. The van der Waals surface area contributed by atoms with Crippen molar-refractivity contribution in [2.75, 3.05) is 17.7 Å². The Balaban J connectivity index is 1.90. The van der Waals surface area contributed by atoms with Crippen LogP contribution >= 0.6 is 0 Å². The highest BCUT2D eigenvalue weighted by atomic mass is 32.2. The van der Waals surface area contributed by atoms with E-state index in [1.165, 1.54) is 6.26 Å². The summed E-state index contributed by atoms with van der Waals surface area (Å²) in [6.07, 6.45) is 4.93. The summed E-state index contributed by atoms with van der Waals surface area (Å²) in [5.74, 6) is 0.856. The summed E-state index contributed by atoms with van der Waals surface area (Å²) < 4.78 is 24.8. The Morgan fingerprint density at radius 2 is 1.90 bits per heavy atom. The van der Waals surface area contributed by atoms with Gasteiger partial charge in [0, 0.05) is 24.3 Å². The first-order chi connectivity index (χ1) is 9.81. The monoisotopic (exact) mass is 305 g/mol. The first-order valence-electron chi connectivity index (χ1n) is 6.87. The second kappa shape index (κ2) is 4.59. The van der Waals surface area contributed by atoms with Gasteiger partial charge in [0.15, 0.2) is 0 Å². The zero-order valence-electron chi connectivity index (χ0n) is 12.2. The molecule has 21 heavy (non-hydrogen) atoms. The molecule has 2 aromatic rings. The van der Waals surface area contributed by atoms with E-state index >= 15 is 0 Å². The van der Waals surface area contributed by atoms with Crippen LogP contribution in [0, 0.1) is 0 Å². The fourth-order valence-electron chi connectivity index (χ4n) is 2.84. The second-order valence-electron chi connectivity index (χ2n) is 5.99. The van der Waals surface area contributed by atoms with E-state index in [1.54, 1.807) is 17.9 Å². The van der Waals surface area contributed by atoms with Crippen molar-refractivity contribution in [2.45, 2.75) is 18.3 Å². The molecule has 0 amide bonds. The van der Waals surface area contributed by atoms with Gasteiger partial charge in [-0.3, -0.25) is 4.68 Å². The summed E-state index contributed by atoms with van der Waals surface area (Å²) in [5, 5.41) is 4.14. The van der Waals surface area contributed by atoms with Crippen molar-refractivity contribution in [1.82, 2.24) is 9.78 Å². The first-order valence-corrected chi connectivity index (χ1v) is 8.93. The minimum absolute atomic E-state index is 0.174. The van der Waals surface area contributed by atoms with Gasteiger partial charge in [-0.15, -0.1) is 0 Å². The van der Waals surface area contributed by atoms with Crippen molar-refractivity contribution in [1.29, 1.82) is 0 Å². The van der Waals surface area contributed by atoms with E-state index in [0.717, 1.165) is 29.5 Å². The van der Waals surface area contributed by atoms with Crippen molar-refractivity contribution in [3.05, 3.63) is 36.0 Å². The van der Waals surface area contributed by atoms with Gasteiger partial charge in [-0.1, -0.05) is 24.3 Å². The molecule has 0 bridgehead atoms. The van der Waals surface area contributed by atoms with Crippen LogP contribution in [0.1, 0.15) is 18.4 Å². The Bertz CT molecular complexity index is 772. The molecule has 5 nitrogen and oxygen atoms in total. The molecule has 0 spiro atoms. The van der Waals surface area contributed by atoms with Crippen LogP contribution in [0.25, 0.3) is 11.1 Å². The molecule has 0 radical (unpaired) electrons. The van der Waals surface area contributed by atoms with Crippen LogP contribution in [-0.2, 0) is 22.3 Å². The van der Waals surface area contributed by atoms with E-state index in [-0.39, 0.29) is 11.2 Å². The number of aryl methyl sites for hydroxylation is 1. The number of rotatable bonds is 4. The zero-order valence-corrected chi connectivity index (χ0v) is 13.0. The van der Waals surface area contributed by atoms with E-state index in [1.807, 2.05) is 24.3 Å². The maximum atomic E-state index is 11.6. The highest BCUT2D eigenvalue weighted by Crippen LogP contribution is 2.49. The molecule has 1 aromatic heterocycles. The predicted molar refractivity (Wildman–Crippen MR) is 83.7 cm³/mol. The van der Waals surface area contributed by atoms with Crippen LogP contribution in [0.3, 0.4) is 0 Å². The van der Waals surface area contributed by atoms with Gasteiger partial charge in [0.05, 0.1) is 11.9 Å². The fourth-order valence-corrected chi connectivity index (χ4v) is 4.30. The highest BCUT2D eigenvalue weighted by Gasteiger charge is 2.46. The summed E-state index contributed by atoms with van der Waals surface area (Å²) >= 11 is 0. The smallest absolute Gasteiger partial charge is 0.148 e. The first kappa shape index (κ1) is 14.1. The Labute approximate surface area is 124 Å². The van der Waals surface area contributed by atoms with Crippen LogP contribution in [0.2, 0.25) is 0 Å². The molecule has 1 heterocycles. The summed E-state index contributed by atoms with van der Waals surface area (Å²) in [4.78, 5) is 0. The number of nitrogens with zero attached hydrogens (tertiary/aromatic N) is 2. The quantitative estimate of drug-likeness (QED) is 0.933. The third kappa shape index (κ3) is 2.68. The van der Waals surface area contributed by atoms with E-state index in [4.69, 9.17) is 5.73 Å². The van der Waals surface area contributed by atoms with Gasteiger partial charge < -0.3 is 5.73 Å². The topological polar surface area (TPSA) is 78.0 Å². The van der Waals surface area contributed by atoms with Gasteiger partial charge in [-0.25, -0.2) is 8.42 Å². The maximum Gasteiger partial charge on any atom is 0.148 e. The minimum Gasteiger partial charge on any atom is -0.383 e. The van der Waals surface area contributed by atoms with Crippen LogP contribution in [-0.4, -0.2) is 30.2 Å². The third-order valence-corrected chi connectivity index (χ3v) is 5.26. The molecule has 0 unspecified atom stereocenters. The van der Waals surface area contributed by atoms with Crippen LogP contribution in [0.15, 0.2) is 30.5 Å². The summed E-state index contributed by atoms with van der Waals surface area (Å²) in [6, 6.07) is 8.01. The minimum atomic E-state index is -2.97. The molecule has 1 aliphatic carbocycles. The van der Waals surface area contributed by atoms with E-state index in [9.17, 15) is 8.42 Å². The van der Waals surface area contributed by atoms with Crippen molar-refractivity contribution < 1.29 is 8.42 Å². The number of anilines is 1. The number of nitrogen functional groups attached to an aromatic ring is 1. The molecule has 0 saturated heterocycles. The molecular weight excluding hydrogens is 286 g/mol. The normalized spacial score (nSPS) is 16.9. The Kier molecular flexibility index (Phi) is 3.09. The highest BCUT2D eigenvalue weighted by molar-refractivity contribution is 7.90. The SMILES string of the molecule is Cn1ncc(-c2ccc(C3(CS(C)(=O)=O)CC3)cc2)c1N. The lowest BCUT2D eigenvalue weighted by Gasteiger charge is -2.15. The Morgan fingerprint density at radius 3 is 2.33 bits per heavy atom.